The van der Waals surface area contributed by atoms with Gasteiger partial charge in [0, 0.05) is 11.3 Å². The number of rotatable bonds is 7. The minimum Gasteiger partial charge on any atom is -0.288 e. The lowest BCUT2D eigenvalue weighted by Crippen LogP contribution is -2.16. The third-order valence-electron chi connectivity index (χ3n) is 3.98. The molecule has 0 spiro atoms. The summed E-state index contributed by atoms with van der Waals surface area (Å²) < 4.78 is 26.1. The number of nitrogens with one attached hydrogen (secondary N) is 1. The second-order valence-corrected chi connectivity index (χ2v) is 8.20. The van der Waals surface area contributed by atoms with Gasteiger partial charge in [0.1, 0.15) is 11.6 Å². The molecule has 0 heterocycles. The van der Waals surface area contributed by atoms with Crippen LogP contribution in [0, 0.1) is 25.2 Å². The van der Waals surface area contributed by atoms with E-state index >= 15 is 0 Å². The van der Waals surface area contributed by atoms with Crippen molar-refractivity contribution in [3.63, 3.8) is 0 Å². The zero-order chi connectivity index (χ0) is 20.0. The summed E-state index contributed by atoms with van der Waals surface area (Å²) in [6.45, 7) is 5.69. The maximum absolute atomic E-state index is 12.6. The maximum Gasteiger partial charge on any atom is 0.232 e. The molecular formula is C21H22N2O3S. The van der Waals surface area contributed by atoms with Crippen LogP contribution in [0.3, 0.4) is 0 Å². The average Bonchev–Trinajstić information content (AvgIpc) is 2.61. The lowest BCUT2D eigenvalue weighted by Gasteiger charge is -2.08. The fourth-order valence-corrected chi connectivity index (χ4v) is 3.77. The Hall–Kier alpha value is -2.91. The van der Waals surface area contributed by atoms with Crippen LogP contribution in [0.4, 0.5) is 5.69 Å². The van der Waals surface area contributed by atoms with Crippen molar-refractivity contribution in [3.8, 4) is 6.07 Å². The SMILES string of the molecule is CCCS(=O)(=O)Nc1ccc(C(=O)/C(C#N)=C/c2ccc(C)cc2C)cc1. The van der Waals surface area contributed by atoms with Gasteiger partial charge in [0.05, 0.1) is 5.75 Å². The Morgan fingerprint density at radius 2 is 1.81 bits per heavy atom. The van der Waals surface area contributed by atoms with Gasteiger partial charge in [0.15, 0.2) is 0 Å². The first kappa shape index (κ1) is 20.4. The van der Waals surface area contributed by atoms with Gasteiger partial charge < -0.3 is 0 Å². The van der Waals surface area contributed by atoms with Crippen molar-refractivity contribution in [1.29, 1.82) is 5.26 Å². The monoisotopic (exact) mass is 382 g/mol. The van der Waals surface area contributed by atoms with Gasteiger partial charge in [-0.3, -0.25) is 9.52 Å². The quantitative estimate of drug-likeness (QED) is 0.441. The van der Waals surface area contributed by atoms with Gasteiger partial charge in [-0.25, -0.2) is 8.42 Å². The van der Waals surface area contributed by atoms with E-state index in [4.69, 9.17) is 0 Å². The van der Waals surface area contributed by atoms with Crippen molar-refractivity contribution in [2.75, 3.05) is 10.5 Å². The highest BCUT2D eigenvalue weighted by Crippen LogP contribution is 2.18. The maximum atomic E-state index is 12.6. The Morgan fingerprint density at radius 1 is 1.15 bits per heavy atom. The number of benzene rings is 2. The summed E-state index contributed by atoms with van der Waals surface area (Å²) >= 11 is 0. The molecule has 0 aliphatic carbocycles. The predicted molar refractivity (Wildman–Crippen MR) is 108 cm³/mol. The Labute approximate surface area is 160 Å². The van der Waals surface area contributed by atoms with E-state index in [1.54, 1.807) is 13.0 Å². The van der Waals surface area contributed by atoms with E-state index in [0.29, 0.717) is 17.7 Å². The van der Waals surface area contributed by atoms with Gasteiger partial charge in [0.25, 0.3) is 0 Å². The topological polar surface area (TPSA) is 87.0 Å². The average molecular weight is 382 g/mol. The summed E-state index contributed by atoms with van der Waals surface area (Å²) in [5.41, 5.74) is 3.64. The number of hydrogen-bond acceptors (Lipinski definition) is 4. The van der Waals surface area contributed by atoms with E-state index in [2.05, 4.69) is 4.72 Å². The van der Waals surface area contributed by atoms with Crippen molar-refractivity contribution in [2.45, 2.75) is 27.2 Å². The molecule has 0 aliphatic heterocycles. The number of Topliss-reactive ketones (excluding diaryl/α,β-unsaturated/α-hetero) is 1. The number of aryl methyl sites for hydroxylation is 2. The molecule has 0 saturated carbocycles. The number of allylic oxidation sites excluding steroid dienone is 1. The lowest BCUT2D eigenvalue weighted by atomic mass is 9.99. The van der Waals surface area contributed by atoms with E-state index < -0.39 is 15.8 Å². The van der Waals surface area contributed by atoms with Crippen molar-refractivity contribution < 1.29 is 13.2 Å². The Balaban J connectivity index is 2.25. The fourth-order valence-electron chi connectivity index (χ4n) is 2.64. The molecule has 0 aliphatic rings. The molecule has 0 aromatic heterocycles. The van der Waals surface area contributed by atoms with Crippen LogP contribution in [-0.2, 0) is 10.0 Å². The fraction of sp³-hybridized carbons (Fsp3) is 0.238. The summed E-state index contributed by atoms with van der Waals surface area (Å²) in [7, 11) is -3.39. The molecule has 2 rings (SSSR count). The highest BCUT2D eigenvalue weighted by molar-refractivity contribution is 7.92. The molecule has 0 fully saturated rings. The number of carbonyl (C=O) groups excluding carboxylic acids is 1. The number of nitriles is 1. The standard InChI is InChI=1S/C21H22N2O3S/c1-4-11-27(25,26)23-20-9-7-17(8-10-20)21(24)19(14-22)13-18-6-5-15(2)12-16(18)3/h5-10,12-13,23H,4,11H2,1-3H3/b19-13+. The molecule has 140 valence electrons. The summed E-state index contributed by atoms with van der Waals surface area (Å²) in [5, 5.41) is 9.40. The van der Waals surface area contributed by atoms with Crippen LogP contribution in [0.1, 0.15) is 40.4 Å². The van der Waals surface area contributed by atoms with Crippen LogP contribution in [0.2, 0.25) is 0 Å². The molecule has 27 heavy (non-hydrogen) atoms. The van der Waals surface area contributed by atoms with Gasteiger partial charge in [0.2, 0.25) is 15.8 Å². The first-order chi connectivity index (χ1) is 12.8. The van der Waals surface area contributed by atoms with Crippen LogP contribution < -0.4 is 4.72 Å². The third kappa shape index (κ3) is 5.53. The summed E-state index contributed by atoms with van der Waals surface area (Å²) in [4.78, 5) is 12.6. The first-order valence-corrected chi connectivity index (χ1v) is 10.2. The summed E-state index contributed by atoms with van der Waals surface area (Å²) in [5.74, 6) is -0.370. The largest absolute Gasteiger partial charge is 0.288 e. The number of anilines is 1. The second-order valence-electron chi connectivity index (χ2n) is 6.36. The Morgan fingerprint density at radius 3 is 2.37 bits per heavy atom. The molecule has 0 amide bonds. The predicted octanol–water partition coefficient (Wildman–Crippen LogP) is 4.25. The van der Waals surface area contributed by atoms with E-state index in [-0.39, 0.29) is 11.3 Å². The van der Waals surface area contributed by atoms with Gasteiger partial charge in [-0.15, -0.1) is 0 Å². The number of sulfonamides is 1. The van der Waals surface area contributed by atoms with E-state index in [1.165, 1.54) is 24.3 Å². The summed E-state index contributed by atoms with van der Waals surface area (Å²) in [6.07, 6.45) is 2.09. The normalized spacial score (nSPS) is 11.7. The van der Waals surface area contributed by atoms with Crippen molar-refractivity contribution in [1.82, 2.24) is 0 Å². The number of ketones is 1. The molecule has 0 atom stereocenters. The number of nitrogens with zero attached hydrogens (tertiary/aromatic N) is 1. The Kier molecular flexibility index (Phi) is 6.54. The van der Waals surface area contributed by atoms with Crippen molar-refractivity contribution in [2.24, 2.45) is 0 Å². The van der Waals surface area contributed by atoms with Crippen LogP contribution in [0.5, 0.6) is 0 Å². The molecule has 0 unspecified atom stereocenters. The molecule has 1 N–H and O–H groups in total. The minimum absolute atomic E-state index is 0.0290. The van der Waals surface area contributed by atoms with Crippen molar-refractivity contribution >= 4 is 27.6 Å². The molecule has 0 bridgehead atoms. The van der Waals surface area contributed by atoms with E-state index in [1.807, 2.05) is 38.1 Å². The minimum atomic E-state index is -3.39. The molecule has 2 aromatic rings. The van der Waals surface area contributed by atoms with Crippen LogP contribution in [0.15, 0.2) is 48.0 Å². The molecule has 0 radical (unpaired) electrons. The highest BCUT2D eigenvalue weighted by atomic mass is 32.2. The highest BCUT2D eigenvalue weighted by Gasteiger charge is 2.14. The van der Waals surface area contributed by atoms with Gasteiger partial charge in [-0.05, 0) is 61.7 Å². The molecule has 0 saturated heterocycles. The van der Waals surface area contributed by atoms with Crippen molar-refractivity contribution in [3.05, 3.63) is 70.3 Å². The molecular weight excluding hydrogens is 360 g/mol. The van der Waals surface area contributed by atoms with Gasteiger partial charge in [-0.1, -0.05) is 30.7 Å². The zero-order valence-corrected chi connectivity index (χ0v) is 16.4. The molecule has 5 nitrogen and oxygen atoms in total. The van der Waals surface area contributed by atoms with Gasteiger partial charge in [-0.2, -0.15) is 5.26 Å². The Bertz CT molecular complexity index is 1010. The van der Waals surface area contributed by atoms with E-state index in [9.17, 15) is 18.5 Å². The third-order valence-corrected chi connectivity index (χ3v) is 5.48. The number of hydrogen-bond donors (Lipinski definition) is 1. The molecule has 2 aromatic carbocycles. The number of carbonyl (C=O) groups is 1. The lowest BCUT2D eigenvalue weighted by molar-refractivity contribution is 0.104. The van der Waals surface area contributed by atoms with Gasteiger partial charge >= 0.3 is 0 Å². The zero-order valence-electron chi connectivity index (χ0n) is 15.6. The summed E-state index contributed by atoms with van der Waals surface area (Å²) in [6, 6.07) is 13.8. The van der Waals surface area contributed by atoms with Crippen LogP contribution in [0.25, 0.3) is 6.08 Å². The molecule has 6 heteroatoms. The van der Waals surface area contributed by atoms with E-state index in [0.717, 1.165) is 16.7 Å². The van der Waals surface area contributed by atoms with Crippen LogP contribution in [-0.4, -0.2) is 20.0 Å². The second kappa shape index (κ2) is 8.65. The smallest absolute Gasteiger partial charge is 0.232 e. The first-order valence-electron chi connectivity index (χ1n) is 8.60. The van der Waals surface area contributed by atoms with Crippen LogP contribution >= 0.6 is 0 Å².